The minimum atomic E-state index is -4.37. The third-order valence-electron chi connectivity index (χ3n) is 2.97. The van der Waals surface area contributed by atoms with Crippen molar-refractivity contribution in [1.29, 1.82) is 0 Å². The first-order valence-electron chi connectivity index (χ1n) is 5.38. The summed E-state index contributed by atoms with van der Waals surface area (Å²) in [5.74, 6) is -0.104. The molecule has 0 unspecified atom stereocenters. The van der Waals surface area contributed by atoms with E-state index in [4.69, 9.17) is 0 Å². The van der Waals surface area contributed by atoms with E-state index in [9.17, 15) is 18.0 Å². The molecule has 1 aromatic carbocycles. The molecule has 2 nitrogen and oxygen atoms in total. The molecule has 0 aromatic heterocycles. The zero-order valence-electron chi connectivity index (χ0n) is 9.34. The number of rotatable bonds is 1. The van der Waals surface area contributed by atoms with Gasteiger partial charge in [-0.25, -0.2) is 0 Å². The highest BCUT2D eigenvalue weighted by molar-refractivity contribution is 5.96. The Labute approximate surface area is 97.0 Å². The van der Waals surface area contributed by atoms with Gasteiger partial charge in [0.25, 0.3) is 0 Å². The lowest BCUT2D eigenvalue weighted by atomic mass is 10.1. The van der Waals surface area contributed by atoms with Crippen LogP contribution in [0.1, 0.15) is 24.0 Å². The molecular weight excluding hydrogens is 231 g/mol. The fourth-order valence-corrected chi connectivity index (χ4v) is 2.13. The van der Waals surface area contributed by atoms with Crippen molar-refractivity contribution in [2.75, 3.05) is 11.4 Å². The molecule has 17 heavy (non-hydrogen) atoms. The van der Waals surface area contributed by atoms with Crippen LogP contribution in [0.5, 0.6) is 0 Å². The SMILES string of the molecule is Cc1c(N2CCCC2=O)cccc1C(F)(F)F. The van der Waals surface area contributed by atoms with Gasteiger partial charge in [-0.2, -0.15) is 13.2 Å². The summed E-state index contributed by atoms with van der Waals surface area (Å²) in [6, 6.07) is 3.95. The van der Waals surface area contributed by atoms with E-state index in [1.54, 1.807) is 6.07 Å². The molecule has 1 aliphatic heterocycles. The topological polar surface area (TPSA) is 20.3 Å². The first-order chi connectivity index (χ1) is 7.91. The van der Waals surface area contributed by atoms with Crippen molar-refractivity contribution in [3.8, 4) is 0 Å². The molecule has 0 radical (unpaired) electrons. The van der Waals surface area contributed by atoms with Crippen LogP contribution in [0.25, 0.3) is 0 Å². The molecule has 0 N–H and O–H groups in total. The van der Waals surface area contributed by atoms with E-state index >= 15 is 0 Å². The van der Waals surface area contributed by atoms with Gasteiger partial charge in [-0.1, -0.05) is 6.07 Å². The fraction of sp³-hybridized carbons (Fsp3) is 0.417. The van der Waals surface area contributed by atoms with Crippen LogP contribution in [0.3, 0.4) is 0 Å². The molecule has 0 aliphatic carbocycles. The van der Waals surface area contributed by atoms with Gasteiger partial charge in [0.1, 0.15) is 0 Å². The Morgan fingerprint density at radius 2 is 2.00 bits per heavy atom. The molecule has 92 valence electrons. The normalized spacial score (nSPS) is 16.7. The molecule has 1 fully saturated rings. The van der Waals surface area contributed by atoms with Crippen LogP contribution in [0.4, 0.5) is 18.9 Å². The minimum absolute atomic E-state index is 0.104. The quantitative estimate of drug-likeness (QED) is 0.742. The standard InChI is InChI=1S/C12H12F3NO/c1-8-9(12(13,14)15)4-2-5-10(8)16-7-3-6-11(16)17/h2,4-5H,3,6-7H2,1H3. The van der Waals surface area contributed by atoms with E-state index in [0.717, 1.165) is 6.07 Å². The highest BCUT2D eigenvalue weighted by Gasteiger charge is 2.34. The molecule has 0 saturated carbocycles. The maximum atomic E-state index is 12.7. The number of hydrogen-bond donors (Lipinski definition) is 0. The average molecular weight is 243 g/mol. The number of alkyl halides is 3. The second-order valence-electron chi connectivity index (χ2n) is 4.10. The smallest absolute Gasteiger partial charge is 0.312 e. The highest BCUT2D eigenvalue weighted by Crippen LogP contribution is 2.36. The Balaban J connectivity index is 2.46. The molecule has 1 saturated heterocycles. The third kappa shape index (κ3) is 2.14. The van der Waals surface area contributed by atoms with E-state index in [2.05, 4.69) is 0 Å². The second kappa shape index (κ2) is 4.05. The lowest BCUT2D eigenvalue weighted by Gasteiger charge is -2.21. The van der Waals surface area contributed by atoms with E-state index in [1.165, 1.54) is 17.9 Å². The summed E-state index contributed by atoms with van der Waals surface area (Å²) < 4.78 is 38.1. The van der Waals surface area contributed by atoms with Gasteiger partial charge >= 0.3 is 6.18 Å². The van der Waals surface area contributed by atoms with Gasteiger partial charge in [-0.3, -0.25) is 4.79 Å². The summed E-state index contributed by atoms with van der Waals surface area (Å²) in [6.45, 7) is 1.91. The zero-order valence-corrected chi connectivity index (χ0v) is 9.34. The number of carbonyl (C=O) groups is 1. The molecule has 2 rings (SSSR count). The number of benzene rings is 1. The fourth-order valence-electron chi connectivity index (χ4n) is 2.13. The van der Waals surface area contributed by atoms with Crippen LogP contribution >= 0.6 is 0 Å². The molecule has 0 spiro atoms. The average Bonchev–Trinajstić information content (AvgIpc) is 2.63. The summed E-state index contributed by atoms with van der Waals surface area (Å²) in [5.41, 5.74) is -0.174. The van der Waals surface area contributed by atoms with Crippen molar-refractivity contribution in [3.63, 3.8) is 0 Å². The number of hydrogen-bond acceptors (Lipinski definition) is 1. The van der Waals surface area contributed by atoms with Crippen molar-refractivity contribution in [1.82, 2.24) is 0 Å². The summed E-state index contributed by atoms with van der Waals surface area (Å²) in [6.07, 6.45) is -3.26. The Kier molecular flexibility index (Phi) is 2.85. The molecule has 1 amide bonds. The number of anilines is 1. The van der Waals surface area contributed by atoms with Crippen LogP contribution in [0, 0.1) is 6.92 Å². The molecule has 0 atom stereocenters. The summed E-state index contributed by atoms with van der Waals surface area (Å²) >= 11 is 0. The molecular formula is C12H12F3NO. The number of carbonyl (C=O) groups excluding carboxylic acids is 1. The van der Waals surface area contributed by atoms with E-state index in [-0.39, 0.29) is 11.5 Å². The molecule has 1 aliphatic rings. The number of halogens is 3. The van der Waals surface area contributed by atoms with E-state index in [0.29, 0.717) is 25.1 Å². The monoisotopic (exact) mass is 243 g/mol. The Morgan fingerprint density at radius 3 is 2.53 bits per heavy atom. The number of amides is 1. The van der Waals surface area contributed by atoms with Crippen LogP contribution < -0.4 is 4.90 Å². The first kappa shape index (κ1) is 12.0. The Bertz CT molecular complexity index is 454. The van der Waals surface area contributed by atoms with Gasteiger partial charge in [0.2, 0.25) is 5.91 Å². The van der Waals surface area contributed by atoms with Gasteiger partial charge < -0.3 is 4.90 Å². The van der Waals surface area contributed by atoms with E-state index in [1.807, 2.05) is 0 Å². The van der Waals surface area contributed by atoms with Crippen molar-refractivity contribution in [2.24, 2.45) is 0 Å². The van der Waals surface area contributed by atoms with Gasteiger partial charge in [-0.15, -0.1) is 0 Å². The van der Waals surface area contributed by atoms with Crippen LogP contribution in [-0.4, -0.2) is 12.5 Å². The predicted molar refractivity (Wildman–Crippen MR) is 57.8 cm³/mol. The summed E-state index contributed by atoms with van der Waals surface area (Å²) in [5, 5.41) is 0. The van der Waals surface area contributed by atoms with Crippen LogP contribution in [0.15, 0.2) is 18.2 Å². The zero-order chi connectivity index (χ0) is 12.6. The van der Waals surface area contributed by atoms with Gasteiger partial charge in [0, 0.05) is 18.7 Å². The Morgan fingerprint density at radius 1 is 1.29 bits per heavy atom. The molecule has 1 aromatic rings. The van der Waals surface area contributed by atoms with Crippen molar-refractivity contribution in [2.45, 2.75) is 25.9 Å². The Hall–Kier alpha value is -1.52. The maximum absolute atomic E-state index is 12.7. The molecule has 1 heterocycles. The lowest BCUT2D eigenvalue weighted by molar-refractivity contribution is -0.138. The lowest BCUT2D eigenvalue weighted by Crippen LogP contribution is -2.25. The maximum Gasteiger partial charge on any atom is 0.416 e. The van der Waals surface area contributed by atoms with Gasteiger partial charge in [0.15, 0.2) is 0 Å². The summed E-state index contributed by atoms with van der Waals surface area (Å²) in [4.78, 5) is 13.0. The highest BCUT2D eigenvalue weighted by atomic mass is 19.4. The van der Waals surface area contributed by atoms with Crippen LogP contribution in [0.2, 0.25) is 0 Å². The third-order valence-corrected chi connectivity index (χ3v) is 2.97. The summed E-state index contributed by atoms with van der Waals surface area (Å²) in [7, 11) is 0. The second-order valence-corrected chi connectivity index (χ2v) is 4.10. The van der Waals surface area contributed by atoms with Crippen molar-refractivity contribution in [3.05, 3.63) is 29.3 Å². The van der Waals surface area contributed by atoms with Gasteiger partial charge in [0.05, 0.1) is 5.56 Å². The van der Waals surface area contributed by atoms with Crippen LogP contribution in [-0.2, 0) is 11.0 Å². The largest absolute Gasteiger partial charge is 0.416 e. The van der Waals surface area contributed by atoms with Crippen molar-refractivity contribution < 1.29 is 18.0 Å². The molecule has 5 heteroatoms. The van der Waals surface area contributed by atoms with Gasteiger partial charge in [-0.05, 0) is 31.0 Å². The van der Waals surface area contributed by atoms with E-state index < -0.39 is 11.7 Å². The minimum Gasteiger partial charge on any atom is -0.312 e. The number of nitrogens with zero attached hydrogens (tertiary/aromatic N) is 1. The van der Waals surface area contributed by atoms with Crippen molar-refractivity contribution >= 4 is 11.6 Å². The predicted octanol–water partition coefficient (Wildman–Crippen LogP) is 3.14. The molecule has 0 bridgehead atoms. The first-order valence-corrected chi connectivity index (χ1v) is 5.38.